The molecule has 0 unspecified atom stereocenters. The first-order valence-electron chi connectivity index (χ1n) is 5.76. The van der Waals surface area contributed by atoms with Crippen molar-refractivity contribution >= 4 is 15.9 Å². The molecule has 18 heavy (non-hydrogen) atoms. The summed E-state index contributed by atoms with van der Waals surface area (Å²) in [6.07, 6.45) is 0. The van der Waals surface area contributed by atoms with Crippen LogP contribution in [0.1, 0.15) is 12.6 Å². The first-order valence-corrected chi connectivity index (χ1v) is 6.55. The molecule has 0 aliphatic rings. The van der Waals surface area contributed by atoms with Crippen LogP contribution in [0.2, 0.25) is 0 Å². The van der Waals surface area contributed by atoms with Gasteiger partial charge in [0.05, 0.1) is 5.69 Å². The lowest BCUT2D eigenvalue weighted by atomic mass is 10.2. The quantitative estimate of drug-likeness (QED) is 0.911. The van der Waals surface area contributed by atoms with E-state index in [1.807, 2.05) is 31.2 Å². The second kappa shape index (κ2) is 5.93. The molecular formula is C13H14BrN3O. The van der Waals surface area contributed by atoms with E-state index in [1.165, 1.54) is 6.07 Å². The number of benzene rings is 1. The van der Waals surface area contributed by atoms with Gasteiger partial charge >= 0.3 is 0 Å². The molecule has 0 aliphatic heterocycles. The van der Waals surface area contributed by atoms with Gasteiger partial charge in [-0.3, -0.25) is 4.79 Å². The molecule has 0 bridgehead atoms. The molecule has 0 saturated carbocycles. The Kier molecular flexibility index (Phi) is 4.28. The second-order valence-electron chi connectivity index (χ2n) is 3.88. The summed E-state index contributed by atoms with van der Waals surface area (Å²) >= 11 is 3.41. The number of halogens is 1. The summed E-state index contributed by atoms with van der Waals surface area (Å²) in [5.41, 5.74) is 1.50. The molecule has 0 saturated heterocycles. The number of aromatic amines is 1. The molecule has 4 nitrogen and oxygen atoms in total. The molecule has 94 valence electrons. The van der Waals surface area contributed by atoms with Crippen LogP contribution in [-0.4, -0.2) is 16.5 Å². The highest BCUT2D eigenvalue weighted by Gasteiger charge is 2.04. The minimum Gasteiger partial charge on any atom is -0.311 e. The van der Waals surface area contributed by atoms with Crippen molar-refractivity contribution in [3.63, 3.8) is 0 Å². The molecule has 0 atom stereocenters. The van der Waals surface area contributed by atoms with Crippen LogP contribution in [-0.2, 0) is 6.54 Å². The Morgan fingerprint density at radius 3 is 2.94 bits per heavy atom. The van der Waals surface area contributed by atoms with E-state index in [1.54, 1.807) is 0 Å². The number of nitrogens with one attached hydrogen (secondary N) is 2. The highest BCUT2D eigenvalue weighted by molar-refractivity contribution is 9.10. The highest BCUT2D eigenvalue weighted by Crippen LogP contribution is 2.18. The van der Waals surface area contributed by atoms with E-state index in [0.717, 1.165) is 22.3 Å². The number of hydrogen-bond donors (Lipinski definition) is 2. The van der Waals surface area contributed by atoms with Crippen molar-refractivity contribution in [1.29, 1.82) is 0 Å². The maximum absolute atomic E-state index is 11.6. The second-order valence-corrected chi connectivity index (χ2v) is 4.79. The van der Waals surface area contributed by atoms with Crippen molar-refractivity contribution in [2.45, 2.75) is 13.5 Å². The van der Waals surface area contributed by atoms with Crippen molar-refractivity contribution in [2.24, 2.45) is 0 Å². The smallest absolute Gasteiger partial charge is 0.251 e. The van der Waals surface area contributed by atoms with Gasteiger partial charge in [0.25, 0.3) is 5.56 Å². The van der Waals surface area contributed by atoms with Crippen molar-refractivity contribution in [3.8, 4) is 11.4 Å². The average Bonchev–Trinajstić information content (AvgIpc) is 2.36. The summed E-state index contributed by atoms with van der Waals surface area (Å²) in [5, 5.41) is 3.16. The standard InChI is InChI=1S/C13H14BrN3O/c1-2-15-8-11-7-12(18)17-13(16-11)9-4-3-5-10(14)6-9/h3-7,15H,2,8H2,1H3,(H,16,17,18). The van der Waals surface area contributed by atoms with Crippen LogP contribution in [0, 0.1) is 0 Å². The monoisotopic (exact) mass is 307 g/mol. The minimum atomic E-state index is -0.132. The van der Waals surface area contributed by atoms with E-state index in [0.29, 0.717) is 12.4 Å². The fraction of sp³-hybridized carbons (Fsp3) is 0.231. The maximum Gasteiger partial charge on any atom is 0.251 e. The predicted molar refractivity (Wildman–Crippen MR) is 75.4 cm³/mol. The van der Waals surface area contributed by atoms with E-state index in [-0.39, 0.29) is 5.56 Å². The molecule has 5 heteroatoms. The van der Waals surface area contributed by atoms with E-state index in [4.69, 9.17) is 0 Å². The highest BCUT2D eigenvalue weighted by atomic mass is 79.9. The Hall–Kier alpha value is -1.46. The summed E-state index contributed by atoms with van der Waals surface area (Å²) in [6, 6.07) is 9.21. The molecule has 0 spiro atoms. The Morgan fingerprint density at radius 1 is 1.39 bits per heavy atom. The normalized spacial score (nSPS) is 10.6. The van der Waals surface area contributed by atoms with Gasteiger partial charge in [0.1, 0.15) is 5.82 Å². The Morgan fingerprint density at radius 2 is 2.22 bits per heavy atom. The topological polar surface area (TPSA) is 57.8 Å². The van der Waals surface area contributed by atoms with Crippen LogP contribution in [0.5, 0.6) is 0 Å². The van der Waals surface area contributed by atoms with Crippen molar-refractivity contribution in [3.05, 3.63) is 50.9 Å². The summed E-state index contributed by atoms with van der Waals surface area (Å²) in [4.78, 5) is 18.8. The first kappa shape index (κ1) is 13.0. The lowest BCUT2D eigenvalue weighted by Gasteiger charge is -2.05. The van der Waals surface area contributed by atoms with Gasteiger partial charge < -0.3 is 10.3 Å². The van der Waals surface area contributed by atoms with Crippen LogP contribution >= 0.6 is 15.9 Å². The molecule has 0 fully saturated rings. The molecule has 0 radical (unpaired) electrons. The number of aromatic nitrogens is 2. The van der Waals surface area contributed by atoms with Gasteiger partial charge in [-0.25, -0.2) is 4.98 Å². The summed E-state index contributed by atoms with van der Waals surface area (Å²) in [5.74, 6) is 0.594. The molecule has 2 N–H and O–H groups in total. The van der Waals surface area contributed by atoms with E-state index in [2.05, 4.69) is 31.2 Å². The Labute approximate surface area is 114 Å². The number of nitrogens with zero attached hydrogens (tertiary/aromatic N) is 1. The molecule has 1 aromatic heterocycles. The Balaban J connectivity index is 2.38. The fourth-order valence-electron chi connectivity index (χ4n) is 1.62. The summed E-state index contributed by atoms with van der Waals surface area (Å²) in [6.45, 7) is 3.46. The van der Waals surface area contributed by atoms with Gasteiger partial charge in [0, 0.05) is 22.6 Å². The zero-order valence-electron chi connectivity index (χ0n) is 10.0. The van der Waals surface area contributed by atoms with Gasteiger partial charge in [-0.2, -0.15) is 0 Å². The van der Waals surface area contributed by atoms with E-state index in [9.17, 15) is 4.79 Å². The largest absolute Gasteiger partial charge is 0.311 e. The van der Waals surface area contributed by atoms with Gasteiger partial charge in [-0.1, -0.05) is 35.0 Å². The van der Waals surface area contributed by atoms with Crippen LogP contribution in [0.3, 0.4) is 0 Å². The van der Waals surface area contributed by atoms with Gasteiger partial charge in [-0.05, 0) is 18.7 Å². The fourth-order valence-corrected chi connectivity index (χ4v) is 2.02. The SMILES string of the molecule is CCNCc1cc(=O)[nH]c(-c2cccc(Br)c2)n1. The number of H-pyrrole nitrogens is 1. The number of hydrogen-bond acceptors (Lipinski definition) is 3. The van der Waals surface area contributed by atoms with Crippen molar-refractivity contribution < 1.29 is 0 Å². The van der Waals surface area contributed by atoms with Gasteiger partial charge in [-0.15, -0.1) is 0 Å². The van der Waals surface area contributed by atoms with Crippen molar-refractivity contribution in [1.82, 2.24) is 15.3 Å². The van der Waals surface area contributed by atoms with Gasteiger partial charge in [0.15, 0.2) is 0 Å². The summed E-state index contributed by atoms with van der Waals surface area (Å²) in [7, 11) is 0. The van der Waals surface area contributed by atoms with Crippen LogP contribution in [0.4, 0.5) is 0 Å². The average molecular weight is 308 g/mol. The van der Waals surface area contributed by atoms with Crippen LogP contribution in [0.25, 0.3) is 11.4 Å². The molecule has 1 heterocycles. The molecule has 2 aromatic rings. The first-order chi connectivity index (χ1) is 8.69. The molecular weight excluding hydrogens is 294 g/mol. The van der Waals surface area contributed by atoms with Crippen molar-refractivity contribution in [2.75, 3.05) is 6.54 Å². The van der Waals surface area contributed by atoms with Crippen LogP contribution in [0.15, 0.2) is 39.6 Å². The van der Waals surface area contributed by atoms with Crippen LogP contribution < -0.4 is 10.9 Å². The zero-order valence-corrected chi connectivity index (χ0v) is 11.6. The lowest BCUT2D eigenvalue weighted by molar-refractivity contribution is 0.708. The third-order valence-electron chi connectivity index (χ3n) is 2.45. The molecule has 0 aliphatic carbocycles. The zero-order chi connectivity index (χ0) is 13.0. The number of rotatable bonds is 4. The van der Waals surface area contributed by atoms with E-state index >= 15 is 0 Å². The van der Waals surface area contributed by atoms with E-state index < -0.39 is 0 Å². The molecule has 2 rings (SSSR count). The predicted octanol–water partition coefficient (Wildman–Crippen LogP) is 2.31. The lowest BCUT2D eigenvalue weighted by Crippen LogP contribution is -2.17. The van der Waals surface area contributed by atoms with Gasteiger partial charge in [0.2, 0.25) is 0 Å². The minimum absolute atomic E-state index is 0.132. The Bertz CT molecular complexity index is 595. The molecule has 1 aromatic carbocycles. The third kappa shape index (κ3) is 3.27. The molecule has 0 amide bonds. The third-order valence-corrected chi connectivity index (χ3v) is 2.94. The summed E-state index contributed by atoms with van der Waals surface area (Å²) < 4.78 is 0.958. The maximum atomic E-state index is 11.6.